The zero-order valence-corrected chi connectivity index (χ0v) is 21.2. The Bertz CT molecular complexity index is 803. The minimum atomic E-state index is -0.353. The molecule has 0 atom stereocenters. The van der Waals surface area contributed by atoms with Crippen LogP contribution in [-0.4, -0.2) is 33.9 Å². The van der Waals surface area contributed by atoms with Gasteiger partial charge in [-0.1, -0.05) is 90.9 Å². The van der Waals surface area contributed by atoms with Crippen molar-refractivity contribution in [2.24, 2.45) is 0 Å². The van der Waals surface area contributed by atoms with Crippen LogP contribution in [0.15, 0.2) is 12.4 Å². The maximum Gasteiger partial charge on any atom is 0.343 e. The second kappa shape index (κ2) is 16.5. The van der Waals surface area contributed by atoms with E-state index in [1.165, 1.54) is 64.2 Å². The lowest BCUT2D eigenvalue weighted by atomic mass is 10.1. The van der Waals surface area contributed by atoms with Crippen molar-refractivity contribution in [1.82, 2.24) is 14.8 Å². The molecule has 186 valence electrons. The Hall–Kier alpha value is -2.11. The minimum Gasteiger partial charge on any atom is -0.492 e. The van der Waals surface area contributed by atoms with Gasteiger partial charge >= 0.3 is 5.97 Å². The molecule has 2 heterocycles. The normalized spacial score (nSPS) is 11.2. The largest absolute Gasteiger partial charge is 0.492 e. The van der Waals surface area contributed by atoms with E-state index in [0.717, 1.165) is 43.3 Å². The van der Waals surface area contributed by atoms with Crippen LogP contribution < -0.4 is 4.74 Å². The molecular formula is C27H45N3O3. The third kappa shape index (κ3) is 9.34. The zero-order chi connectivity index (χ0) is 23.7. The van der Waals surface area contributed by atoms with Gasteiger partial charge in [-0.15, -0.1) is 0 Å². The number of aryl methyl sites for hydroxylation is 1. The van der Waals surface area contributed by atoms with Gasteiger partial charge in [0.1, 0.15) is 11.3 Å². The Kier molecular flexibility index (Phi) is 13.6. The molecule has 0 unspecified atom stereocenters. The lowest BCUT2D eigenvalue weighted by Crippen LogP contribution is -2.11. The molecule has 0 aliphatic carbocycles. The first-order valence-corrected chi connectivity index (χ1v) is 13.4. The number of unbranched alkanes of at least 4 members (excludes halogenated alkanes) is 12. The molecule has 0 bridgehead atoms. The van der Waals surface area contributed by atoms with E-state index in [1.54, 1.807) is 12.4 Å². The second-order valence-electron chi connectivity index (χ2n) is 8.93. The van der Waals surface area contributed by atoms with Gasteiger partial charge in [0.05, 0.1) is 24.8 Å². The number of carbonyl (C=O) groups excluding carboxylic acids is 1. The summed E-state index contributed by atoms with van der Waals surface area (Å²) >= 11 is 0. The molecule has 33 heavy (non-hydrogen) atoms. The van der Waals surface area contributed by atoms with Crippen LogP contribution in [0.1, 0.15) is 121 Å². The van der Waals surface area contributed by atoms with Crippen LogP contribution in [0.4, 0.5) is 0 Å². The topological polar surface area (TPSA) is 66.2 Å². The van der Waals surface area contributed by atoms with Gasteiger partial charge in [0.2, 0.25) is 0 Å². The molecule has 0 spiro atoms. The van der Waals surface area contributed by atoms with E-state index in [9.17, 15) is 4.79 Å². The monoisotopic (exact) mass is 459 g/mol. The number of hydrogen-bond acceptors (Lipinski definition) is 5. The van der Waals surface area contributed by atoms with Crippen LogP contribution in [0.5, 0.6) is 5.75 Å². The maximum absolute atomic E-state index is 12.8. The number of hydrogen-bond donors (Lipinski definition) is 0. The summed E-state index contributed by atoms with van der Waals surface area (Å²) in [7, 11) is 0. The number of nitrogens with zero attached hydrogens (tertiary/aromatic N) is 3. The van der Waals surface area contributed by atoms with Crippen molar-refractivity contribution in [1.29, 1.82) is 0 Å². The van der Waals surface area contributed by atoms with Crippen LogP contribution in [0, 0.1) is 0 Å². The lowest BCUT2D eigenvalue weighted by molar-refractivity contribution is 0.0493. The first kappa shape index (κ1) is 27.1. The van der Waals surface area contributed by atoms with Crippen LogP contribution >= 0.6 is 0 Å². The summed E-state index contributed by atoms with van der Waals surface area (Å²) < 4.78 is 13.5. The molecule has 0 fully saturated rings. The molecular weight excluding hydrogens is 414 g/mol. The maximum atomic E-state index is 12.8. The summed E-state index contributed by atoms with van der Waals surface area (Å²) in [6.07, 6.45) is 20.2. The Labute approximate surface area is 200 Å². The number of carbonyl (C=O) groups is 1. The van der Waals surface area contributed by atoms with Crippen molar-refractivity contribution in [2.45, 2.75) is 117 Å². The Morgan fingerprint density at radius 3 is 1.97 bits per heavy atom. The van der Waals surface area contributed by atoms with Gasteiger partial charge in [0.25, 0.3) is 0 Å². The highest BCUT2D eigenvalue weighted by Crippen LogP contribution is 2.29. The zero-order valence-electron chi connectivity index (χ0n) is 21.2. The van der Waals surface area contributed by atoms with Crippen molar-refractivity contribution in [3.63, 3.8) is 0 Å². The fourth-order valence-corrected chi connectivity index (χ4v) is 4.07. The molecule has 0 aliphatic rings. The van der Waals surface area contributed by atoms with Gasteiger partial charge in [-0.25, -0.2) is 14.5 Å². The van der Waals surface area contributed by atoms with Gasteiger partial charge in [-0.3, -0.25) is 0 Å². The van der Waals surface area contributed by atoms with E-state index in [1.807, 2.05) is 11.6 Å². The average Bonchev–Trinajstić information content (AvgIpc) is 3.25. The standard InChI is InChI=1S/C27H45N3O3/c1-4-7-9-11-13-15-17-19-32-25-23-22-29-30(6-3)26(23)28-21-24(25)27(31)33-20-18-16-14-12-10-8-5-2/h21-22H,4-20H2,1-3H3. The SMILES string of the molecule is CCCCCCCCCOC(=O)c1cnc2c(cnn2CC)c1OCCCCCCCCC. The molecule has 0 saturated carbocycles. The number of aromatic nitrogens is 3. The summed E-state index contributed by atoms with van der Waals surface area (Å²) in [6.45, 7) is 8.23. The average molecular weight is 460 g/mol. The number of pyridine rings is 1. The molecule has 0 aliphatic heterocycles. The van der Waals surface area contributed by atoms with E-state index >= 15 is 0 Å². The predicted molar refractivity (Wildman–Crippen MR) is 135 cm³/mol. The van der Waals surface area contributed by atoms with Gasteiger partial charge in [0.15, 0.2) is 5.65 Å². The molecule has 6 nitrogen and oxygen atoms in total. The lowest BCUT2D eigenvalue weighted by Gasteiger charge is -2.12. The number of esters is 1. The molecule has 0 saturated heterocycles. The molecule has 0 radical (unpaired) electrons. The molecule has 0 N–H and O–H groups in total. The number of rotatable bonds is 19. The van der Waals surface area contributed by atoms with Crippen LogP contribution in [0.25, 0.3) is 11.0 Å². The number of ether oxygens (including phenoxy) is 2. The van der Waals surface area contributed by atoms with E-state index in [-0.39, 0.29) is 5.97 Å². The minimum absolute atomic E-state index is 0.353. The Morgan fingerprint density at radius 1 is 0.788 bits per heavy atom. The van der Waals surface area contributed by atoms with Crippen LogP contribution in [-0.2, 0) is 11.3 Å². The van der Waals surface area contributed by atoms with Crippen molar-refractivity contribution >= 4 is 17.0 Å². The Morgan fingerprint density at radius 2 is 1.36 bits per heavy atom. The van der Waals surface area contributed by atoms with Crippen molar-refractivity contribution in [2.75, 3.05) is 13.2 Å². The molecule has 0 amide bonds. The fourth-order valence-electron chi connectivity index (χ4n) is 4.07. The van der Waals surface area contributed by atoms with Crippen molar-refractivity contribution in [3.8, 4) is 5.75 Å². The summed E-state index contributed by atoms with van der Waals surface area (Å²) in [6, 6.07) is 0. The quantitative estimate of drug-likeness (QED) is 0.161. The van der Waals surface area contributed by atoms with Crippen LogP contribution in [0.3, 0.4) is 0 Å². The van der Waals surface area contributed by atoms with Crippen LogP contribution in [0.2, 0.25) is 0 Å². The summed E-state index contributed by atoms with van der Waals surface area (Å²) in [5, 5.41) is 5.18. The highest BCUT2D eigenvalue weighted by atomic mass is 16.5. The highest BCUT2D eigenvalue weighted by molar-refractivity contribution is 5.98. The first-order valence-electron chi connectivity index (χ1n) is 13.4. The highest BCUT2D eigenvalue weighted by Gasteiger charge is 2.20. The molecule has 6 heteroatoms. The van der Waals surface area contributed by atoms with E-state index in [4.69, 9.17) is 9.47 Å². The smallest absolute Gasteiger partial charge is 0.343 e. The van der Waals surface area contributed by atoms with E-state index < -0.39 is 0 Å². The van der Waals surface area contributed by atoms with Gasteiger partial charge in [-0.2, -0.15) is 5.10 Å². The molecule has 0 aromatic carbocycles. The second-order valence-corrected chi connectivity index (χ2v) is 8.93. The summed E-state index contributed by atoms with van der Waals surface area (Å²) in [5.74, 6) is 0.212. The molecule has 2 rings (SSSR count). The third-order valence-corrected chi connectivity index (χ3v) is 6.11. The van der Waals surface area contributed by atoms with E-state index in [2.05, 4.69) is 23.9 Å². The third-order valence-electron chi connectivity index (χ3n) is 6.11. The molecule has 2 aromatic heterocycles. The van der Waals surface area contributed by atoms with E-state index in [0.29, 0.717) is 24.5 Å². The van der Waals surface area contributed by atoms with Crippen molar-refractivity contribution in [3.05, 3.63) is 18.0 Å². The van der Waals surface area contributed by atoms with Gasteiger partial charge in [0, 0.05) is 12.7 Å². The first-order chi connectivity index (χ1) is 16.2. The van der Waals surface area contributed by atoms with Gasteiger partial charge in [-0.05, 0) is 19.8 Å². The summed E-state index contributed by atoms with van der Waals surface area (Å²) in [5.41, 5.74) is 1.15. The van der Waals surface area contributed by atoms with Gasteiger partial charge < -0.3 is 9.47 Å². The summed E-state index contributed by atoms with van der Waals surface area (Å²) in [4.78, 5) is 17.3. The molecule has 2 aromatic rings. The van der Waals surface area contributed by atoms with Crippen molar-refractivity contribution < 1.29 is 14.3 Å². The Balaban J connectivity index is 1.90. The predicted octanol–water partition coefficient (Wildman–Crippen LogP) is 7.49. The number of fused-ring (bicyclic) bond motifs is 1. The fraction of sp³-hybridized carbons (Fsp3) is 0.741.